The van der Waals surface area contributed by atoms with E-state index >= 15 is 0 Å². The lowest BCUT2D eigenvalue weighted by molar-refractivity contribution is -0.144. The summed E-state index contributed by atoms with van der Waals surface area (Å²) in [6.07, 6.45) is 1.66. The lowest BCUT2D eigenvalue weighted by atomic mass is 9.95. The number of hydrogen-bond donors (Lipinski definition) is 2. The molecule has 2 N–H and O–H groups in total. The largest absolute Gasteiger partial charge is 0.480 e. The number of aliphatic carboxylic acids is 1. The number of carboxylic acid groups (broad SMARTS) is 1. The predicted molar refractivity (Wildman–Crippen MR) is 80.4 cm³/mol. The molecule has 1 aliphatic carbocycles. The molecule has 1 amide bonds. The monoisotopic (exact) mass is 393 g/mol. The lowest BCUT2D eigenvalue weighted by Crippen LogP contribution is -2.54. The van der Waals surface area contributed by atoms with Crippen molar-refractivity contribution in [3.63, 3.8) is 0 Å². The van der Waals surface area contributed by atoms with Crippen molar-refractivity contribution in [3.8, 4) is 0 Å². The molecule has 0 aliphatic heterocycles. The molecule has 0 spiro atoms. The van der Waals surface area contributed by atoms with Gasteiger partial charge in [0.05, 0.1) is 5.02 Å². The first-order chi connectivity index (χ1) is 8.84. The Labute approximate surface area is 129 Å². The SMILES string of the molecule is CC(NC(=O)c1ccc(I)c(Cl)c1)(C(=O)O)C1CC1. The molecular weight excluding hydrogens is 381 g/mol. The summed E-state index contributed by atoms with van der Waals surface area (Å²) in [5, 5.41) is 12.4. The van der Waals surface area contributed by atoms with Crippen LogP contribution in [0.2, 0.25) is 5.02 Å². The van der Waals surface area contributed by atoms with Crippen LogP contribution < -0.4 is 5.32 Å². The van der Waals surface area contributed by atoms with E-state index in [1.165, 1.54) is 0 Å². The van der Waals surface area contributed by atoms with Crippen molar-refractivity contribution in [1.29, 1.82) is 0 Å². The van der Waals surface area contributed by atoms with Crippen LogP contribution in [0.1, 0.15) is 30.1 Å². The van der Waals surface area contributed by atoms with Gasteiger partial charge in [0.2, 0.25) is 0 Å². The van der Waals surface area contributed by atoms with Gasteiger partial charge in [0.15, 0.2) is 0 Å². The van der Waals surface area contributed by atoms with Gasteiger partial charge in [-0.05, 0) is 66.5 Å². The average Bonchev–Trinajstić information content (AvgIpc) is 3.16. The van der Waals surface area contributed by atoms with Gasteiger partial charge in [-0.15, -0.1) is 0 Å². The van der Waals surface area contributed by atoms with Crippen LogP contribution >= 0.6 is 34.2 Å². The summed E-state index contributed by atoms with van der Waals surface area (Å²) >= 11 is 8.03. The highest BCUT2D eigenvalue weighted by atomic mass is 127. The molecule has 102 valence electrons. The topological polar surface area (TPSA) is 66.4 Å². The first kappa shape index (κ1) is 14.6. The molecule has 6 heteroatoms. The van der Waals surface area contributed by atoms with E-state index in [2.05, 4.69) is 27.9 Å². The quantitative estimate of drug-likeness (QED) is 0.773. The third kappa shape index (κ3) is 3.02. The minimum atomic E-state index is -1.20. The molecule has 1 aromatic rings. The van der Waals surface area contributed by atoms with Crippen LogP contribution in [0.15, 0.2) is 18.2 Å². The van der Waals surface area contributed by atoms with Gasteiger partial charge in [-0.25, -0.2) is 4.79 Å². The number of nitrogens with one attached hydrogen (secondary N) is 1. The van der Waals surface area contributed by atoms with Crippen LogP contribution in [0.25, 0.3) is 0 Å². The number of carbonyl (C=O) groups is 2. The van der Waals surface area contributed by atoms with Gasteiger partial charge in [-0.3, -0.25) is 4.79 Å². The van der Waals surface area contributed by atoms with E-state index in [-0.39, 0.29) is 5.92 Å². The molecule has 4 nitrogen and oxygen atoms in total. The summed E-state index contributed by atoms with van der Waals surface area (Å²) in [5.74, 6) is -1.40. The number of benzene rings is 1. The molecule has 0 radical (unpaired) electrons. The van der Waals surface area contributed by atoms with Gasteiger partial charge >= 0.3 is 5.97 Å². The van der Waals surface area contributed by atoms with Gasteiger partial charge < -0.3 is 10.4 Å². The molecule has 1 saturated carbocycles. The molecule has 0 saturated heterocycles. The molecular formula is C13H13ClINO3. The maximum Gasteiger partial charge on any atom is 0.329 e. The van der Waals surface area contributed by atoms with Crippen molar-refractivity contribution in [1.82, 2.24) is 5.32 Å². The Morgan fingerprint density at radius 2 is 2.11 bits per heavy atom. The zero-order valence-electron chi connectivity index (χ0n) is 10.2. The second kappa shape index (κ2) is 5.28. The molecule has 0 aromatic heterocycles. The summed E-state index contributed by atoms with van der Waals surface area (Å²) in [7, 11) is 0. The van der Waals surface area contributed by atoms with E-state index in [1.807, 2.05) is 0 Å². The number of halogens is 2. The van der Waals surface area contributed by atoms with E-state index < -0.39 is 17.4 Å². The number of hydrogen-bond acceptors (Lipinski definition) is 2. The van der Waals surface area contributed by atoms with Crippen LogP contribution in [-0.2, 0) is 4.79 Å². The van der Waals surface area contributed by atoms with Crippen LogP contribution in [-0.4, -0.2) is 22.5 Å². The number of amides is 1. The van der Waals surface area contributed by atoms with Gasteiger partial charge in [-0.1, -0.05) is 11.6 Å². The number of carbonyl (C=O) groups excluding carboxylic acids is 1. The number of carboxylic acids is 1. The van der Waals surface area contributed by atoms with Crippen LogP contribution in [0.3, 0.4) is 0 Å². The highest BCUT2D eigenvalue weighted by Gasteiger charge is 2.48. The lowest BCUT2D eigenvalue weighted by Gasteiger charge is -2.26. The molecule has 0 bridgehead atoms. The molecule has 1 aliphatic rings. The van der Waals surface area contributed by atoms with Crippen molar-refractivity contribution < 1.29 is 14.7 Å². The maximum absolute atomic E-state index is 12.1. The first-order valence-electron chi connectivity index (χ1n) is 5.85. The van der Waals surface area contributed by atoms with Crippen molar-refractivity contribution >= 4 is 46.1 Å². The van der Waals surface area contributed by atoms with E-state index in [1.54, 1.807) is 25.1 Å². The summed E-state index contributed by atoms with van der Waals surface area (Å²) in [4.78, 5) is 23.5. The zero-order valence-corrected chi connectivity index (χ0v) is 13.2. The Morgan fingerprint density at radius 1 is 1.47 bits per heavy atom. The van der Waals surface area contributed by atoms with Crippen molar-refractivity contribution in [3.05, 3.63) is 32.4 Å². The van der Waals surface area contributed by atoms with Gasteiger partial charge in [0.25, 0.3) is 5.91 Å². The van der Waals surface area contributed by atoms with Gasteiger partial charge in [0.1, 0.15) is 5.54 Å². The Bertz CT molecular complexity index is 545. The highest BCUT2D eigenvalue weighted by molar-refractivity contribution is 14.1. The number of rotatable bonds is 4. The van der Waals surface area contributed by atoms with Gasteiger partial charge in [0, 0.05) is 9.13 Å². The van der Waals surface area contributed by atoms with E-state index in [0.29, 0.717) is 10.6 Å². The molecule has 2 rings (SSSR count). The maximum atomic E-state index is 12.1. The van der Waals surface area contributed by atoms with E-state index in [4.69, 9.17) is 11.6 Å². The van der Waals surface area contributed by atoms with E-state index in [9.17, 15) is 14.7 Å². The standard InChI is InChI=1S/C13H13ClINO3/c1-13(12(18)19,8-3-4-8)16-11(17)7-2-5-10(15)9(14)6-7/h2,5-6,8H,3-4H2,1H3,(H,16,17)(H,18,19). The van der Waals surface area contributed by atoms with Crippen LogP contribution in [0.5, 0.6) is 0 Å². The predicted octanol–water partition coefficient (Wildman–Crippen LogP) is 2.93. The summed E-state index contributed by atoms with van der Waals surface area (Å²) in [6.45, 7) is 1.55. The Kier molecular flexibility index (Phi) is 4.06. The summed E-state index contributed by atoms with van der Waals surface area (Å²) in [6, 6.07) is 4.92. The molecule has 1 aromatic carbocycles. The molecule has 19 heavy (non-hydrogen) atoms. The Morgan fingerprint density at radius 3 is 2.58 bits per heavy atom. The summed E-state index contributed by atoms with van der Waals surface area (Å²) in [5.41, 5.74) is -0.828. The van der Waals surface area contributed by atoms with Gasteiger partial charge in [-0.2, -0.15) is 0 Å². The third-order valence-corrected chi connectivity index (χ3v) is 4.97. The fraction of sp³-hybridized carbons (Fsp3) is 0.385. The third-order valence-electron chi connectivity index (χ3n) is 3.39. The minimum Gasteiger partial charge on any atom is -0.480 e. The van der Waals surface area contributed by atoms with Crippen LogP contribution in [0.4, 0.5) is 0 Å². The highest BCUT2D eigenvalue weighted by Crippen LogP contribution is 2.39. The molecule has 1 unspecified atom stereocenters. The van der Waals surface area contributed by atoms with Crippen molar-refractivity contribution in [2.45, 2.75) is 25.3 Å². The average molecular weight is 394 g/mol. The zero-order chi connectivity index (χ0) is 14.2. The fourth-order valence-corrected chi connectivity index (χ4v) is 2.45. The van der Waals surface area contributed by atoms with E-state index in [0.717, 1.165) is 16.4 Å². The Hall–Kier alpha value is -0.820. The summed E-state index contributed by atoms with van der Waals surface area (Å²) < 4.78 is 0.846. The Balaban J connectivity index is 2.20. The second-order valence-electron chi connectivity index (χ2n) is 4.86. The van der Waals surface area contributed by atoms with Crippen molar-refractivity contribution in [2.75, 3.05) is 0 Å². The smallest absolute Gasteiger partial charge is 0.329 e. The fourth-order valence-electron chi connectivity index (χ4n) is 1.94. The molecule has 0 heterocycles. The first-order valence-corrected chi connectivity index (χ1v) is 7.31. The molecule has 1 fully saturated rings. The minimum absolute atomic E-state index is 0.00766. The van der Waals surface area contributed by atoms with Crippen LogP contribution in [0, 0.1) is 9.49 Å². The second-order valence-corrected chi connectivity index (χ2v) is 6.43. The van der Waals surface area contributed by atoms with Crippen molar-refractivity contribution in [2.24, 2.45) is 5.92 Å². The molecule has 1 atom stereocenters. The normalized spacial score (nSPS) is 17.6.